The van der Waals surface area contributed by atoms with E-state index in [9.17, 15) is 8.42 Å². The van der Waals surface area contributed by atoms with Crippen LogP contribution in [0.4, 0.5) is 0 Å². The largest absolute Gasteiger partial charge is 0.378 e. The topological polar surface area (TPSA) is 90.9 Å². The van der Waals surface area contributed by atoms with Gasteiger partial charge in [-0.2, -0.15) is 18.9 Å². The first-order valence-corrected chi connectivity index (χ1v) is 6.92. The molecule has 0 saturated carbocycles. The van der Waals surface area contributed by atoms with Crippen molar-refractivity contribution >= 4 is 10.1 Å². The zero-order chi connectivity index (χ0) is 14.6. The summed E-state index contributed by atoms with van der Waals surface area (Å²) in [6.45, 7) is 0. The van der Waals surface area contributed by atoms with Crippen LogP contribution in [0.25, 0.3) is 0 Å². The fourth-order valence-corrected chi connectivity index (χ4v) is 2.67. The van der Waals surface area contributed by atoms with E-state index in [4.69, 9.17) is 14.7 Å². The van der Waals surface area contributed by atoms with Crippen LogP contribution in [-0.2, 0) is 10.1 Å². The van der Waals surface area contributed by atoms with Gasteiger partial charge in [0.25, 0.3) is 0 Å². The second-order valence-corrected chi connectivity index (χ2v) is 5.27. The molecule has 2 rings (SSSR count). The molecule has 0 radical (unpaired) electrons. The summed E-state index contributed by atoms with van der Waals surface area (Å²) in [5, 5.41) is 17.8. The molecular weight excluding hydrogens is 276 g/mol. The first-order valence-electron chi connectivity index (χ1n) is 5.51. The number of nitriles is 2. The van der Waals surface area contributed by atoms with Gasteiger partial charge in [-0.3, -0.25) is 0 Å². The fraction of sp³-hybridized carbons (Fsp3) is 0. The van der Waals surface area contributed by atoms with E-state index in [1.54, 1.807) is 24.3 Å². The number of nitrogens with zero attached hydrogens (tertiary/aromatic N) is 2. The zero-order valence-corrected chi connectivity index (χ0v) is 11.0. The van der Waals surface area contributed by atoms with Crippen molar-refractivity contribution in [3.8, 4) is 17.9 Å². The maximum Gasteiger partial charge on any atom is 0.340 e. The van der Waals surface area contributed by atoms with Crippen molar-refractivity contribution in [2.24, 2.45) is 0 Å². The SMILES string of the molecule is N#Cc1ccccc1OS(=O)(=O)c1ccccc1C#N. The molecule has 0 aliphatic heterocycles. The first-order chi connectivity index (χ1) is 9.58. The molecule has 0 unspecified atom stereocenters. The number of rotatable bonds is 3. The maximum absolute atomic E-state index is 12.2. The van der Waals surface area contributed by atoms with E-state index >= 15 is 0 Å². The molecule has 2 aromatic carbocycles. The van der Waals surface area contributed by atoms with Gasteiger partial charge in [-0.05, 0) is 24.3 Å². The van der Waals surface area contributed by atoms with Crippen molar-refractivity contribution in [1.82, 2.24) is 0 Å². The van der Waals surface area contributed by atoms with E-state index in [1.165, 1.54) is 30.3 Å². The summed E-state index contributed by atoms with van der Waals surface area (Å²) in [6, 6.07) is 15.3. The average Bonchev–Trinajstić information content (AvgIpc) is 2.47. The lowest BCUT2D eigenvalue weighted by Crippen LogP contribution is -2.12. The maximum atomic E-state index is 12.2. The Balaban J connectivity index is 2.48. The van der Waals surface area contributed by atoms with Crippen molar-refractivity contribution in [1.29, 1.82) is 10.5 Å². The monoisotopic (exact) mass is 284 g/mol. The number of para-hydroxylation sites is 1. The molecule has 0 aromatic heterocycles. The van der Waals surface area contributed by atoms with Crippen LogP contribution in [0, 0.1) is 22.7 Å². The minimum absolute atomic E-state index is 0.0121. The average molecular weight is 284 g/mol. The van der Waals surface area contributed by atoms with Crippen molar-refractivity contribution in [2.75, 3.05) is 0 Å². The number of hydrogen-bond acceptors (Lipinski definition) is 5. The van der Waals surface area contributed by atoms with Crippen LogP contribution in [0.5, 0.6) is 5.75 Å². The highest BCUT2D eigenvalue weighted by atomic mass is 32.2. The van der Waals surface area contributed by atoms with Crippen molar-refractivity contribution in [2.45, 2.75) is 4.90 Å². The molecule has 5 nitrogen and oxygen atoms in total. The molecule has 0 aliphatic carbocycles. The predicted molar refractivity (Wildman–Crippen MR) is 70.1 cm³/mol. The van der Waals surface area contributed by atoms with Crippen LogP contribution >= 0.6 is 0 Å². The van der Waals surface area contributed by atoms with Crippen LogP contribution in [0.2, 0.25) is 0 Å². The van der Waals surface area contributed by atoms with E-state index in [2.05, 4.69) is 0 Å². The van der Waals surface area contributed by atoms with Gasteiger partial charge in [0.15, 0.2) is 5.75 Å². The van der Waals surface area contributed by atoms with Gasteiger partial charge in [0.1, 0.15) is 17.0 Å². The Kier molecular flexibility index (Phi) is 3.69. The Morgan fingerprint density at radius 1 is 0.850 bits per heavy atom. The highest BCUT2D eigenvalue weighted by Gasteiger charge is 2.21. The van der Waals surface area contributed by atoms with Crippen LogP contribution in [0.15, 0.2) is 53.4 Å². The van der Waals surface area contributed by atoms with Gasteiger partial charge in [0.2, 0.25) is 0 Å². The van der Waals surface area contributed by atoms with E-state index in [0.717, 1.165) is 0 Å². The standard InChI is InChI=1S/C14H8N2O3S/c15-9-11-5-1-3-7-13(11)19-20(17,18)14-8-4-2-6-12(14)10-16/h1-8H. The third kappa shape index (κ3) is 2.61. The molecule has 0 bridgehead atoms. The van der Waals surface area contributed by atoms with Crippen LogP contribution in [0.3, 0.4) is 0 Å². The Morgan fingerprint density at radius 3 is 2.05 bits per heavy atom. The van der Waals surface area contributed by atoms with Gasteiger partial charge < -0.3 is 4.18 Å². The lowest BCUT2D eigenvalue weighted by molar-refractivity contribution is 0.485. The second-order valence-electron chi connectivity index (χ2n) is 3.75. The molecule has 0 N–H and O–H groups in total. The minimum atomic E-state index is -4.16. The Morgan fingerprint density at radius 2 is 1.40 bits per heavy atom. The van der Waals surface area contributed by atoms with E-state index in [0.29, 0.717) is 0 Å². The third-order valence-electron chi connectivity index (χ3n) is 2.48. The molecular formula is C14H8N2O3S. The van der Waals surface area contributed by atoms with Gasteiger partial charge in [-0.1, -0.05) is 24.3 Å². The van der Waals surface area contributed by atoms with Crippen molar-refractivity contribution in [3.63, 3.8) is 0 Å². The zero-order valence-electron chi connectivity index (χ0n) is 10.1. The Labute approximate surface area is 116 Å². The minimum Gasteiger partial charge on any atom is -0.378 e. The summed E-state index contributed by atoms with van der Waals surface area (Å²) >= 11 is 0. The first kappa shape index (κ1) is 13.6. The van der Waals surface area contributed by atoms with Crippen LogP contribution in [-0.4, -0.2) is 8.42 Å². The normalized spacial score (nSPS) is 10.3. The van der Waals surface area contributed by atoms with Crippen LogP contribution < -0.4 is 4.18 Å². The molecule has 20 heavy (non-hydrogen) atoms. The highest BCUT2D eigenvalue weighted by Crippen LogP contribution is 2.23. The predicted octanol–water partition coefficient (Wildman–Crippen LogP) is 2.20. The number of hydrogen-bond donors (Lipinski definition) is 0. The smallest absolute Gasteiger partial charge is 0.340 e. The second kappa shape index (κ2) is 5.43. The lowest BCUT2D eigenvalue weighted by atomic mass is 10.2. The highest BCUT2D eigenvalue weighted by molar-refractivity contribution is 7.87. The van der Waals surface area contributed by atoms with E-state index < -0.39 is 10.1 Å². The quantitative estimate of drug-likeness (QED) is 0.806. The molecule has 6 heteroatoms. The van der Waals surface area contributed by atoms with Gasteiger partial charge >= 0.3 is 10.1 Å². The molecule has 0 spiro atoms. The molecule has 2 aromatic rings. The van der Waals surface area contributed by atoms with Crippen LogP contribution in [0.1, 0.15) is 11.1 Å². The summed E-state index contributed by atoms with van der Waals surface area (Å²) in [4.78, 5) is -0.227. The van der Waals surface area contributed by atoms with Gasteiger partial charge in [0, 0.05) is 0 Å². The Bertz CT molecular complexity index is 830. The lowest BCUT2D eigenvalue weighted by Gasteiger charge is -2.08. The molecule has 0 heterocycles. The van der Waals surface area contributed by atoms with Gasteiger partial charge in [-0.25, -0.2) is 0 Å². The molecule has 0 aliphatic rings. The summed E-state index contributed by atoms with van der Waals surface area (Å²) in [5.41, 5.74) is 0.0902. The molecule has 0 saturated heterocycles. The van der Waals surface area contributed by atoms with Gasteiger partial charge in [-0.15, -0.1) is 0 Å². The molecule has 0 atom stereocenters. The van der Waals surface area contributed by atoms with Crippen molar-refractivity contribution < 1.29 is 12.6 Å². The summed E-state index contributed by atoms with van der Waals surface area (Å²) in [7, 11) is -4.16. The summed E-state index contributed by atoms with van der Waals surface area (Å²) < 4.78 is 29.3. The molecule has 0 fully saturated rings. The molecule has 0 amide bonds. The summed E-state index contributed by atoms with van der Waals surface area (Å²) in [5.74, 6) is -0.0669. The number of benzene rings is 2. The van der Waals surface area contributed by atoms with Crippen molar-refractivity contribution in [3.05, 3.63) is 59.7 Å². The van der Waals surface area contributed by atoms with Gasteiger partial charge in [0.05, 0.1) is 11.1 Å². The third-order valence-corrected chi connectivity index (χ3v) is 3.78. The fourth-order valence-electron chi connectivity index (χ4n) is 1.57. The Hall–Kier alpha value is -2.83. The molecule has 98 valence electrons. The van der Waals surface area contributed by atoms with E-state index in [1.807, 2.05) is 6.07 Å². The summed E-state index contributed by atoms with van der Waals surface area (Å²) in [6.07, 6.45) is 0. The van der Waals surface area contributed by atoms with E-state index in [-0.39, 0.29) is 21.8 Å².